The third kappa shape index (κ3) is 5.27. The highest BCUT2D eigenvalue weighted by atomic mass is 16.7. The van der Waals surface area contributed by atoms with Crippen molar-refractivity contribution in [1.82, 2.24) is 15.6 Å². The second-order valence-corrected chi connectivity index (χ2v) is 5.89. The number of aromatic nitrogens is 1. The molecule has 0 amide bonds. The van der Waals surface area contributed by atoms with E-state index in [0.717, 1.165) is 54.8 Å². The van der Waals surface area contributed by atoms with Gasteiger partial charge in [-0.25, -0.2) is 4.98 Å². The number of anilines is 1. The summed E-state index contributed by atoms with van der Waals surface area (Å²) in [4.78, 5) is 8.49. The number of hydrogen-bond acceptors (Lipinski definition) is 5. The summed E-state index contributed by atoms with van der Waals surface area (Å²) in [5.74, 6) is 3.31. The monoisotopic (exact) mass is 355 g/mol. The van der Waals surface area contributed by atoms with E-state index in [0.29, 0.717) is 13.3 Å². The van der Waals surface area contributed by atoms with E-state index in [9.17, 15) is 0 Å². The Morgan fingerprint density at radius 1 is 1.08 bits per heavy atom. The van der Waals surface area contributed by atoms with Crippen molar-refractivity contribution in [3.05, 3.63) is 48.2 Å². The Kier molecular flexibility index (Phi) is 6.53. The van der Waals surface area contributed by atoms with Crippen LogP contribution in [0.4, 0.5) is 5.82 Å². The molecule has 1 aliphatic rings. The first kappa shape index (κ1) is 17.8. The van der Waals surface area contributed by atoms with E-state index in [1.807, 2.05) is 36.4 Å². The van der Waals surface area contributed by atoms with Crippen LogP contribution in [0.15, 0.2) is 47.6 Å². The number of nitrogens with one attached hydrogen (secondary N) is 3. The molecule has 0 fully saturated rings. The zero-order valence-electron chi connectivity index (χ0n) is 15.0. The lowest BCUT2D eigenvalue weighted by Gasteiger charge is -2.12. The first-order valence-corrected chi connectivity index (χ1v) is 8.83. The molecule has 138 valence electrons. The molecular weight excluding hydrogens is 330 g/mol. The number of fused-ring (bicyclic) bond motifs is 1. The highest BCUT2D eigenvalue weighted by Crippen LogP contribution is 2.32. The number of pyridine rings is 1. The van der Waals surface area contributed by atoms with Crippen molar-refractivity contribution >= 4 is 11.8 Å². The Hall–Kier alpha value is -2.96. The number of benzene rings is 1. The van der Waals surface area contributed by atoms with Crippen molar-refractivity contribution < 1.29 is 9.47 Å². The first-order chi connectivity index (χ1) is 12.8. The van der Waals surface area contributed by atoms with Gasteiger partial charge in [-0.05, 0) is 42.7 Å². The van der Waals surface area contributed by atoms with Gasteiger partial charge in [-0.1, -0.05) is 12.1 Å². The summed E-state index contributed by atoms with van der Waals surface area (Å²) in [6.07, 6.45) is 3.90. The van der Waals surface area contributed by atoms with Crippen LogP contribution in [0.2, 0.25) is 0 Å². The average molecular weight is 355 g/mol. The van der Waals surface area contributed by atoms with Crippen LogP contribution in [-0.2, 0) is 6.54 Å². The molecule has 1 aromatic carbocycles. The van der Waals surface area contributed by atoms with E-state index >= 15 is 0 Å². The smallest absolute Gasteiger partial charge is 0.231 e. The summed E-state index contributed by atoms with van der Waals surface area (Å²) in [6, 6.07) is 11.8. The predicted molar refractivity (Wildman–Crippen MR) is 103 cm³/mol. The van der Waals surface area contributed by atoms with Crippen molar-refractivity contribution in [3.63, 3.8) is 0 Å². The van der Waals surface area contributed by atoms with Crippen LogP contribution in [0.5, 0.6) is 11.5 Å². The van der Waals surface area contributed by atoms with E-state index in [1.54, 1.807) is 13.2 Å². The highest BCUT2D eigenvalue weighted by Gasteiger charge is 2.13. The molecule has 1 aliphatic heterocycles. The minimum Gasteiger partial charge on any atom is -0.454 e. The molecule has 3 N–H and O–H groups in total. The molecule has 0 unspecified atom stereocenters. The van der Waals surface area contributed by atoms with E-state index in [-0.39, 0.29) is 0 Å². The molecule has 2 aromatic rings. The Morgan fingerprint density at radius 3 is 2.81 bits per heavy atom. The Bertz CT molecular complexity index is 721. The number of nitrogens with zero attached hydrogens (tertiary/aromatic N) is 2. The van der Waals surface area contributed by atoms with Gasteiger partial charge in [-0.15, -0.1) is 0 Å². The molecule has 0 saturated heterocycles. The summed E-state index contributed by atoms with van der Waals surface area (Å²) in [6.45, 7) is 2.74. The van der Waals surface area contributed by atoms with Crippen molar-refractivity contribution in [2.45, 2.75) is 19.4 Å². The van der Waals surface area contributed by atoms with Crippen molar-refractivity contribution in [1.29, 1.82) is 0 Å². The number of ether oxygens (including phenoxy) is 2. The Labute approximate surface area is 153 Å². The van der Waals surface area contributed by atoms with Gasteiger partial charge in [0.25, 0.3) is 0 Å². The summed E-state index contributed by atoms with van der Waals surface area (Å²) in [7, 11) is 1.78. The fourth-order valence-electron chi connectivity index (χ4n) is 2.60. The quantitative estimate of drug-likeness (QED) is 0.383. The van der Waals surface area contributed by atoms with Gasteiger partial charge in [0.05, 0.1) is 0 Å². The van der Waals surface area contributed by atoms with Crippen molar-refractivity contribution in [2.24, 2.45) is 4.99 Å². The van der Waals surface area contributed by atoms with Crippen LogP contribution in [0.25, 0.3) is 0 Å². The Morgan fingerprint density at radius 2 is 1.96 bits per heavy atom. The molecule has 7 heteroatoms. The summed E-state index contributed by atoms with van der Waals surface area (Å²) in [5.41, 5.74) is 1.12. The third-order valence-corrected chi connectivity index (χ3v) is 3.99. The molecule has 1 aromatic heterocycles. The second-order valence-electron chi connectivity index (χ2n) is 5.89. The third-order valence-electron chi connectivity index (χ3n) is 3.99. The van der Waals surface area contributed by atoms with Gasteiger partial charge in [0, 0.05) is 32.9 Å². The maximum atomic E-state index is 5.40. The fourth-order valence-corrected chi connectivity index (χ4v) is 2.60. The van der Waals surface area contributed by atoms with Gasteiger partial charge >= 0.3 is 0 Å². The molecule has 26 heavy (non-hydrogen) atoms. The molecule has 0 aliphatic carbocycles. The van der Waals surface area contributed by atoms with Crippen LogP contribution in [0, 0.1) is 0 Å². The van der Waals surface area contributed by atoms with Crippen LogP contribution in [0.3, 0.4) is 0 Å². The van der Waals surface area contributed by atoms with Gasteiger partial charge in [0.2, 0.25) is 6.79 Å². The first-order valence-electron chi connectivity index (χ1n) is 8.83. The molecule has 0 atom stereocenters. The van der Waals surface area contributed by atoms with E-state index in [1.165, 1.54) is 0 Å². The van der Waals surface area contributed by atoms with Crippen LogP contribution in [-0.4, -0.2) is 37.9 Å². The zero-order chi connectivity index (χ0) is 18.0. The van der Waals surface area contributed by atoms with E-state index in [4.69, 9.17) is 9.47 Å². The zero-order valence-corrected chi connectivity index (χ0v) is 15.0. The number of hydrogen-bond donors (Lipinski definition) is 3. The molecule has 0 spiro atoms. The second kappa shape index (κ2) is 9.50. The number of guanidine groups is 1. The molecule has 0 bridgehead atoms. The number of aliphatic imine (C=N–C) groups is 1. The van der Waals surface area contributed by atoms with Gasteiger partial charge < -0.3 is 25.4 Å². The van der Waals surface area contributed by atoms with Gasteiger partial charge in [0.1, 0.15) is 5.82 Å². The predicted octanol–water partition coefficient (Wildman–Crippen LogP) is 2.37. The minimum absolute atomic E-state index is 0.296. The van der Waals surface area contributed by atoms with Crippen molar-refractivity contribution in [2.75, 3.05) is 32.2 Å². The number of rotatable bonds is 8. The van der Waals surface area contributed by atoms with Crippen LogP contribution in [0.1, 0.15) is 18.4 Å². The highest BCUT2D eigenvalue weighted by molar-refractivity contribution is 5.79. The summed E-state index contributed by atoms with van der Waals surface area (Å²) < 4.78 is 10.7. The fraction of sp³-hybridized carbons (Fsp3) is 0.368. The molecule has 0 radical (unpaired) electrons. The van der Waals surface area contributed by atoms with Gasteiger partial charge in [-0.3, -0.25) is 4.99 Å². The standard InChI is InChI=1S/C19H25N5O2/c1-20-19(23-11-5-4-10-22-18-6-2-3-9-21-18)24-13-15-7-8-16-17(12-15)26-14-25-16/h2-3,6-9,12H,4-5,10-11,13-14H2,1H3,(H,21,22)(H2,20,23,24). The lowest BCUT2D eigenvalue weighted by Crippen LogP contribution is -2.37. The maximum Gasteiger partial charge on any atom is 0.231 e. The molecular formula is C19H25N5O2. The minimum atomic E-state index is 0.296. The topological polar surface area (TPSA) is 79.8 Å². The lowest BCUT2D eigenvalue weighted by molar-refractivity contribution is 0.174. The van der Waals surface area contributed by atoms with Crippen molar-refractivity contribution in [3.8, 4) is 11.5 Å². The normalized spacial score (nSPS) is 12.7. The van der Waals surface area contributed by atoms with E-state index < -0.39 is 0 Å². The average Bonchev–Trinajstić information content (AvgIpc) is 3.15. The van der Waals surface area contributed by atoms with E-state index in [2.05, 4.69) is 25.9 Å². The summed E-state index contributed by atoms with van der Waals surface area (Å²) in [5, 5.41) is 9.95. The lowest BCUT2D eigenvalue weighted by atomic mass is 10.2. The molecule has 0 saturated carbocycles. The van der Waals surface area contributed by atoms with Gasteiger partial charge in [-0.2, -0.15) is 0 Å². The molecule has 7 nitrogen and oxygen atoms in total. The van der Waals surface area contributed by atoms with Crippen LogP contribution < -0.4 is 25.4 Å². The summed E-state index contributed by atoms with van der Waals surface area (Å²) >= 11 is 0. The molecule has 2 heterocycles. The van der Waals surface area contributed by atoms with Crippen LogP contribution >= 0.6 is 0 Å². The Balaban J connectivity index is 1.31. The maximum absolute atomic E-state index is 5.40. The van der Waals surface area contributed by atoms with Gasteiger partial charge in [0.15, 0.2) is 17.5 Å². The largest absolute Gasteiger partial charge is 0.454 e. The SMILES string of the molecule is CN=C(NCCCCNc1ccccn1)NCc1ccc2c(c1)OCO2. The number of unbranched alkanes of at least 4 members (excludes halogenated alkanes) is 1. The molecule has 3 rings (SSSR count).